The number of benzene rings is 1. The highest BCUT2D eigenvalue weighted by molar-refractivity contribution is 5.76. The smallest absolute Gasteiger partial charge is 0.222 e. The summed E-state index contributed by atoms with van der Waals surface area (Å²) in [7, 11) is 0. The lowest BCUT2D eigenvalue weighted by molar-refractivity contribution is -0.131. The maximum atomic E-state index is 13.0. The van der Waals surface area contributed by atoms with Gasteiger partial charge in [0.2, 0.25) is 5.91 Å². The Bertz CT molecular complexity index is 503. The van der Waals surface area contributed by atoms with Crippen LogP contribution < -0.4 is 4.90 Å². The van der Waals surface area contributed by atoms with E-state index in [4.69, 9.17) is 0 Å². The van der Waals surface area contributed by atoms with Gasteiger partial charge in [0, 0.05) is 38.3 Å². The quantitative estimate of drug-likeness (QED) is 0.842. The summed E-state index contributed by atoms with van der Waals surface area (Å²) >= 11 is 0. The van der Waals surface area contributed by atoms with Crippen LogP contribution in [0.3, 0.4) is 0 Å². The van der Waals surface area contributed by atoms with Crippen molar-refractivity contribution in [2.45, 2.75) is 44.9 Å². The molecule has 1 aliphatic heterocycles. The van der Waals surface area contributed by atoms with Gasteiger partial charge in [-0.2, -0.15) is 0 Å². The zero-order chi connectivity index (χ0) is 16.1. The van der Waals surface area contributed by atoms with Crippen LogP contribution in [0.5, 0.6) is 0 Å². The molecule has 1 saturated heterocycles. The molecule has 3 nitrogen and oxygen atoms in total. The number of carbonyl (C=O) groups excluding carboxylic acids is 1. The lowest BCUT2D eigenvalue weighted by Gasteiger charge is -2.36. The molecular formula is C19H27FN2O. The number of anilines is 1. The van der Waals surface area contributed by atoms with Gasteiger partial charge in [0.15, 0.2) is 0 Å². The van der Waals surface area contributed by atoms with Gasteiger partial charge in [-0.05, 0) is 36.6 Å². The maximum Gasteiger partial charge on any atom is 0.222 e. The summed E-state index contributed by atoms with van der Waals surface area (Å²) in [5, 5.41) is 0. The number of rotatable bonds is 4. The first-order valence-corrected chi connectivity index (χ1v) is 9.00. The zero-order valence-electron chi connectivity index (χ0n) is 13.8. The Kier molecular flexibility index (Phi) is 5.52. The van der Waals surface area contributed by atoms with Crippen LogP contribution in [-0.4, -0.2) is 37.0 Å². The molecule has 2 fully saturated rings. The highest BCUT2D eigenvalue weighted by Gasteiger charge is 2.22. The molecule has 0 N–H and O–H groups in total. The number of carbonyl (C=O) groups is 1. The number of piperazine rings is 1. The van der Waals surface area contributed by atoms with Crippen molar-refractivity contribution >= 4 is 11.6 Å². The van der Waals surface area contributed by atoms with Crippen LogP contribution in [-0.2, 0) is 4.79 Å². The standard InChI is InChI=1S/C19H27FN2O/c20-17-7-9-18(10-8-17)21-12-14-22(15-13-21)19(23)11-6-16-4-2-1-3-5-16/h7-10,16H,1-6,11-15H2. The Morgan fingerprint density at radius 1 is 1.00 bits per heavy atom. The molecule has 0 spiro atoms. The molecule has 0 atom stereocenters. The summed E-state index contributed by atoms with van der Waals surface area (Å²) in [5.41, 5.74) is 1.04. The second kappa shape index (κ2) is 7.80. The van der Waals surface area contributed by atoms with E-state index in [1.165, 1.54) is 44.2 Å². The molecule has 1 saturated carbocycles. The van der Waals surface area contributed by atoms with Crippen molar-refractivity contribution < 1.29 is 9.18 Å². The van der Waals surface area contributed by atoms with Crippen LogP contribution in [0.4, 0.5) is 10.1 Å². The topological polar surface area (TPSA) is 23.6 Å². The summed E-state index contributed by atoms with van der Waals surface area (Å²) in [4.78, 5) is 16.6. The normalized spacial score (nSPS) is 19.9. The van der Waals surface area contributed by atoms with Crippen molar-refractivity contribution in [3.63, 3.8) is 0 Å². The minimum atomic E-state index is -0.203. The van der Waals surface area contributed by atoms with Crippen molar-refractivity contribution in [1.29, 1.82) is 0 Å². The number of hydrogen-bond acceptors (Lipinski definition) is 2. The Balaban J connectivity index is 1.42. The van der Waals surface area contributed by atoms with Crippen molar-refractivity contribution in [2.24, 2.45) is 5.92 Å². The number of hydrogen-bond donors (Lipinski definition) is 0. The Morgan fingerprint density at radius 2 is 1.65 bits per heavy atom. The van der Waals surface area contributed by atoms with Gasteiger partial charge in [0.25, 0.3) is 0 Å². The van der Waals surface area contributed by atoms with Crippen LogP contribution in [0, 0.1) is 11.7 Å². The Labute approximate surface area is 138 Å². The molecule has 1 amide bonds. The molecule has 23 heavy (non-hydrogen) atoms. The maximum absolute atomic E-state index is 13.0. The van der Waals surface area contributed by atoms with E-state index in [1.807, 2.05) is 17.0 Å². The largest absolute Gasteiger partial charge is 0.368 e. The van der Waals surface area contributed by atoms with Gasteiger partial charge in [-0.3, -0.25) is 4.79 Å². The monoisotopic (exact) mass is 318 g/mol. The molecule has 0 bridgehead atoms. The predicted octanol–water partition coefficient (Wildman–Crippen LogP) is 3.83. The third-order valence-corrected chi connectivity index (χ3v) is 5.32. The first kappa shape index (κ1) is 16.3. The second-order valence-electron chi connectivity index (χ2n) is 6.89. The van der Waals surface area contributed by atoms with Crippen LogP contribution in [0.15, 0.2) is 24.3 Å². The average molecular weight is 318 g/mol. The molecule has 4 heteroatoms. The molecule has 3 rings (SSSR count). The molecule has 126 valence electrons. The summed E-state index contributed by atoms with van der Waals surface area (Å²) < 4.78 is 13.0. The van der Waals surface area contributed by atoms with Crippen LogP contribution >= 0.6 is 0 Å². The van der Waals surface area contributed by atoms with E-state index in [9.17, 15) is 9.18 Å². The van der Waals surface area contributed by atoms with E-state index in [2.05, 4.69) is 4.90 Å². The van der Waals surface area contributed by atoms with E-state index in [1.54, 1.807) is 0 Å². The minimum Gasteiger partial charge on any atom is -0.368 e. The average Bonchev–Trinajstić information content (AvgIpc) is 2.61. The summed E-state index contributed by atoms with van der Waals surface area (Å²) in [6.45, 7) is 3.23. The molecule has 2 aliphatic rings. The fraction of sp³-hybridized carbons (Fsp3) is 0.632. The van der Waals surface area contributed by atoms with E-state index in [0.29, 0.717) is 12.3 Å². The minimum absolute atomic E-state index is 0.203. The number of amides is 1. The molecule has 1 aromatic carbocycles. The lowest BCUT2D eigenvalue weighted by Crippen LogP contribution is -2.48. The molecule has 0 aromatic heterocycles. The SMILES string of the molecule is O=C(CCC1CCCCC1)N1CCN(c2ccc(F)cc2)CC1. The number of halogens is 1. The van der Waals surface area contributed by atoms with Crippen molar-refractivity contribution in [3.8, 4) is 0 Å². The van der Waals surface area contributed by atoms with Gasteiger partial charge in [-0.25, -0.2) is 4.39 Å². The number of nitrogens with zero attached hydrogens (tertiary/aromatic N) is 2. The van der Waals surface area contributed by atoms with Gasteiger partial charge in [-0.15, -0.1) is 0 Å². The predicted molar refractivity (Wildman–Crippen MR) is 91.0 cm³/mol. The fourth-order valence-corrected chi connectivity index (χ4v) is 3.83. The fourth-order valence-electron chi connectivity index (χ4n) is 3.83. The van der Waals surface area contributed by atoms with E-state index in [0.717, 1.165) is 44.2 Å². The van der Waals surface area contributed by atoms with Crippen LogP contribution in [0.2, 0.25) is 0 Å². The highest BCUT2D eigenvalue weighted by Crippen LogP contribution is 2.27. The van der Waals surface area contributed by atoms with Crippen molar-refractivity contribution in [1.82, 2.24) is 4.90 Å². The molecule has 1 aromatic rings. The second-order valence-corrected chi connectivity index (χ2v) is 6.89. The Hall–Kier alpha value is -1.58. The van der Waals surface area contributed by atoms with E-state index < -0.39 is 0 Å². The van der Waals surface area contributed by atoms with Gasteiger partial charge in [0.1, 0.15) is 5.82 Å². The summed E-state index contributed by atoms with van der Waals surface area (Å²) in [5.74, 6) is 0.882. The Morgan fingerprint density at radius 3 is 2.30 bits per heavy atom. The van der Waals surface area contributed by atoms with Gasteiger partial charge >= 0.3 is 0 Å². The van der Waals surface area contributed by atoms with Crippen molar-refractivity contribution in [2.75, 3.05) is 31.1 Å². The van der Waals surface area contributed by atoms with E-state index in [-0.39, 0.29) is 5.82 Å². The first-order valence-electron chi connectivity index (χ1n) is 9.00. The third kappa shape index (κ3) is 4.46. The van der Waals surface area contributed by atoms with Crippen molar-refractivity contribution in [3.05, 3.63) is 30.1 Å². The highest BCUT2D eigenvalue weighted by atomic mass is 19.1. The first-order chi connectivity index (χ1) is 11.2. The lowest BCUT2D eigenvalue weighted by atomic mass is 9.86. The van der Waals surface area contributed by atoms with Gasteiger partial charge < -0.3 is 9.80 Å². The zero-order valence-corrected chi connectivity index (χ0v) is 13.8. The van der Waals surface area contributed by atoms with Crippen LogP contribution in [0.25, 0.3) is 0 Å². The molecule has 1 aliphatic carbocycles. The molecule has 0 unspecified atom stereocenters. The van der Waals surface area contributed by atoms with E-state index >= 15 is 0 Å². The van der Waals surface area contributed by atoms with Gasteiger partial charge in [0.05, 0.1) is 0 Å². The van der Waals surface area contributed by atoms with Crippen LogP contribution in [0.1, 0.15) is 44.9 Å². The third-order valence-electron chi connectivity index (χ3n) is 5.32. The summed E-state index contributed by atoms with van der Waals surface area (Å²) in [6.07, 6.45) is 8.45. The molecule has 1 heterocycles. The molecular weight excluding hydrogens is 291 g/mol. The molecule has 0 radical (unpaired) electrons. The van der Waals surface area contributed by atoms with Gasteiger partial charge in [-0.1, -0.05) is 32.1 Å². The summed E-state index contributed by atoms with van der Waals surface area (Å²) in [6, 6.07) is 6.62.